The number of hydrogen-bond donors (Lipinski definition) is 2. The van der Waals surface area contributed by atoms with Gasteiger partial charge in [-0.1, -0.05) is 29.4 Å². The third-order valence-corrected chi connectivity index (χ3v) is 2.06. The standard InChI is InChI=1S/C11H14N2O3/c1-8(16-13-6-11(12)15)10-5-3-2-4-9(10)7-14/h2-6,8,14H,7H2,1H3,(H2,12,15)/b13-6+. The van der Waals surface area contributed by atoms with Crippen molar-refractivity contribution in [2.24, 2.45) is 10.9 Å². The molecule has 0 aliphatic heterocycles. The van der Waals surface area contributed by atoms with Crippen LogP contribution >= 0.6 is 0 Å². The van der Waals surface area contributed by atoms with E-state index in [4.69, 9.17) is 15.7 Å². The largest absolute Gasteiger partial charge is 0.392 e. The van der Waals surface area contributed by atoms with Crippen LogP contribution in [0.15, 0.2) is 29.4 Å². The normalized spacial score (nSPS) is 12.6. The average Bonchev–Trinajstić information content (AvgIpc) is 2.28. The number of nitrogens with zero attached hydrogens (tertiary/aromatic N) is 1. The predicted octanol–water partition coefficient (Wildman–Crippen LogP) is 0.728. The van der Waals surface area contributed by atoms with Gasteiger partial charge in [0.25, 0.3) is 5.91 Å². The number of rotatable bonds is 5. The Morgan fingerprint density at radius 1 is 1.62 bits per heavy atom. The third-order valence-electron chi connectivity index (χ3n) is 2.06. The summed E-state index contributed by atoms with van der Waals surface area (Å²) in [5, 5.41) is 12.6. The Kier molecular flexibility index (Phi) is 4.47. The Balaban J connectivity index is 2.72. The lowest BCUT2D eigenvalue weighted by Gasteiger charge is -2.13. The van der Waals surface area contributed by atoms with E-state index < -0.39 is 5.91 Å². The lowest BCUT2D eigenvalue weighted by Crippen LogP contribution is -2.12. The van der Waals surface area contributed by atoms with Crippen molar-refractivity contribution < 1.29 is 14.7 Å². The zero-order valence-corrected chi connectivity index (χ0v) is 8.96. The highest BCUT2D eigenvalue weighted by Crippen LogP contribution is 2.20. The van der Waals surface area contributed by atoms with E-state index in [0.29, 0.717) is 0 Å². The van der Waals surface area contributed by atoms with Crippen LogP contribution in [0, 0.1) is 0 Å². The summed E-state index contributed by atoms with van der Waals surface area (Å²) in [4.78, 5) is 15.4. The summed E-state index contributed by atoms with van der Waals surface area (Å²) >= 11 is 0. The molecule has 0 aromatic heterocycles. The number of hydrogen-bond acceptors (Lipinski definition) is 4. The first-order valence-corrected chi connectivity index (χ1v) is 4.82. The van der Waals surface area contributed by atoms with Crippen molar-refractivity contribution in [3.63, 3.8) is 0 Å². The van der Waals surface area contributed by atoms with Gasteiger partial charge in [0.05, 0.1) is 6.61 Å². The lowest BCUT2D eigenvalue weighted by atomic mass is 10.0. The van der Waals surface area contributed by atoms with Crippen LogP contribution in [0.5, 0.6) is 0 Å². The molecule has 1 aromatic carbocycles. The van der Waals surface area contributed by atoms with Crippen LogP contribution in [0.3, 0.4) is 0 Å². The second-order valence-electron chi connectivity index (χ2n) is 3.24. The zero-order valence-electron chi connectivity index (χ0n) is 8.96. The summed E-state index contributed by atoms with van der Waals surface area (Å²) in [7, 11) is 0. The number of aliphatic hydroxyl groups excluding tert-OH is 1. The van der Waals surface area contributed by atoms with Gasteiger partial charge < -0.3 is 15.7 Å². The molecule has 1 amide bonds. The minimum atomic E-state index is -0.664. The molecule has 1 atom stereocenters. The van der Waals surface area contributed by atoms with E-state index in [2.05, 4.69) is 5.16 Å². The highest BCUT2D eigenvalue weighted by molar-refractivity contribution is 6.25. The molecule has 0 aliphatic carbocycles. The number of aliphatic hydroxyl groups is 1. The summed E-state index contributed by atoms with van der Waals surface area (Å²) in [5.74, 6) is -0.664. The van der Waals surface area contributed by atoms with E-state index in [-0.39, 0.29) is 12.7 Å². The van der Waals surface area contributed by atoms with Gasteiger partial charge in [-0.2, -0.15) is 0 Å². The molecule has 0 heterocycles. The highest BCUT2D eigenvalue weighted by Gasteiger charge is 2.10. The van der Waals surface area contributed by atoms with Crippen molar-refractivity contribution in [1.29, 1.82) is 0 Å². The number of carbonyl (C=O) groups is 1. The molecule has 3 N–H and O–H groups in total. The fourth-order valence-electron chi connectivity index (χ4n) is 1.31. The van der Waals surface area contributed by atoms with Gasteiger partial charge in [-0.3, -0.25) is 4.79 Å². The van der Waals surface area contributed by atoms with Crippen LogP contribution in [0.2, 0.25) is 0 Å². The van der Waals surface area contributed by atoms with Crippen molar-refractivity contribution in [1.82, 2.24) is 0 Å². The zero-order chi connectivity index (χ0) is 12.0. The van der Waals surface area contributed by atoms with Crippen LogP contribution in [0.4, 0.5) is 0 Å². The molecule has 0 aliphatic rings. The van der Waals surface area contributed by atoms with E-state index in [1.54, 1.807) is 13.0 Å². The molecule has 16 heavy (non-hydrogen) atoms. The Hall–Kier alpha value is -1.88. The van der Waals surface area contributed by atoms with E-state index in [0.717, 1.165) is 17.3 Å². The van der Waals surface area contributed by atoms with Gasteiger partial charge in [0, 0.05) is 5.56 Å². The van der Waals surface area contributed by atoms with Crippen molar-refractivity contribution >= 4 is 12.1 Å². The van der Waals surface area contributed by atoms with E-state index >= 15 is 0 Å². The molecule has 0 saturated heterocycles. The van der Waals surface area contributed by atoms with Gasteiger partial charge in [0.2, 0.25) is 0 Å². The van der Waals surface area contributed by atoms with Crippen molar-refractivity contribution in [2.75, 3.05) is 0 Å². The lowest BCUT2D eigenvalue weighted by molar-refractivity contribution is -0.111. The number of nitrogens with two attached hydrogens (primary N) is 1. The number of benzene rings is 1. The SMILES string of the molecule is CC(O/N=C/C(N)=O)c1ccccc1CO. The second kappa shape index (κ2) is 5.87. The van der Waals surface area contributed by atoms with Gasteiger partial charge in [0.15, 0.2) is 0 Å². The smallest absolute Gasteiger partial charge is 0.263 e. The Labute approximate surface area is 93.5 Å². The third kappa shape index (κ3) is 3.36. The average molecular weight is 222 g/mol. The minimum absolute atomic E-state index is 0.0661. The van der Waals surface area contributed by atoms with Gasteiger partial charge in [-0.05, 0) is 12.5 Å². The van der Waals surface area contributed by atoms with Crippen LogP contribution < -0.4 is 5.73 Å². The Bertz CT molecular complexity index is 391. The first-order valence-electron chi connectivity index (χ1n) is 4.82. The molecular formula is C11H14N2O3. The fraction of sp³-hybridized carbons (Fsp3) is 0.273. The van der Waals surface area contributed by atoms with Gasteiger partial charge >= 0.3 is 0 Å². The first kappa shape index (κ1) is 12.2. The van der Waals surface area contributed by atoms with Crippen LogP contribution in [0.25, 0.3) is 0 Å². The van der Waals surface area contributed by atoms with Gasteiger partial charge in [0.1, 0.15) is 12.3 Å². The number of oxime groups is 1. The van der Waals surface area contributed by atoms with E-state index in [1.807, 2.05) is 18.2 Å². The van der Waals surface area contributed by atoms with Crippen LogP contribution in [0.1, 0.15) is 24.2 Å². The Morgan fingerprint density at radius 3 is 2.94 bits per heavy atom. The van der Waals surface area contributed by atoms with E-state index in [1.165, 1.54) is 0 Å². The maximum absolute atomic E-state index is 10.4. The van der Waals surface area contributed by atoms with Gasteiger partial charge in [-0.25, -0.2) is 0 Å². The minimum Gasteiger partial charge on any atom is -0.392 e. The number of primary amides is 1. The molecule has 1 aromatic rings. The molecule has 0 radical (unpaired) electrons. The number of amides is 1. The molecule has 1 rings (SSSR count). The predicted molar refractivity (Wildman–Crippen MR) is 59.6 cm³/mol. The summed E-state index contributed by atoms with van der Waals surface area (Å²) in [6.07, 6.45) is 0.553. The molecule has 86 valence electrons. The monoisotopic (exact) mass is 222 g/mol. The maximum atomic E-state index is 10.4. The molecule has 1 unspecified atom stereocenters. The Morgan fingerprint density at radius 2 is 2.31 bits per heavy atom. The maximum Gasteiger partial charge on any atom is 0.263 e. The summed E-state index contributed by atoms with van der Waals surface area (Å²) in [6.45, 7) is 1.70. The molecule has 5 nitrogen and oxygen atoms in total. The second-order valence-corrected chi connectivity index (χ2v) is 3.24. The molecule has 0 fully saturated rings. The molecule has 5 heteroatoms. The number of carbonyl (C=O) groups excluding carboxylic acids is 1. The van der Waals surface area contributed by atoms with Crippen LogP contribution in [-0.4, -0.2) is 17.2 Å². The summed E-state index contributed by atoms with van der Waals surface area (Å²) < 4.78 is 0. The van der Waals surface area contributed by atoms with Crippen molar-refractivity contribution in [3.8, 4) is 0 Å². The van der Waals surface area contributed by atoms with E-state index in [9.17, 15) is 4.79 Å². The van der Waals surface area contributed by atoms with Crippen molar-refractivity contribution in [3.05, 3.63) is 35.4 Å². The van der Waals surface area contributed by atoms with Gasteiger partial charge in [-0.15, -0.1) is 0 Å². The summed E-state index contributed by atoms with van der Waals surface area (Å²) in [5.41, 5.74) is 6.46. The fourth-order valence-corrected chi connectivity index (χ4v) is 1.31. The van der Waals surface area contributed by atoms with Crippen LogP contribution in [-0.2, 0) is 16.2 Å². The molecule has 0 bridgehead atoms. The molecule has 0 spiro atoms. The summed E-state index contributed by atoms with van der Waals surface area (Å²) in [6, 6.07) is 7.30. The van der Waals surface area contributed by atoms with Crippen molar-refractivity contribution in [2.45, 2.75) is 19.6 Å². The molecule has 0 saturated carbocycles. The first-order chi connectivity index (χ1) is 7.65. The molecular weight excluding hydrogens is 208 g/mol. The highest BCUT2D eigenvalue weighted by atomic mass is 16.6. The quantitative estimate of drug-likeness (QED) is 0.568. The topological polar surface area (TPSA) is 84.9 Å².